The van der Waals surface area contributed by atoms with Crippen molar-refractivity contribution in [1.29, 1.82) is 5.26 Å². The van der Waals surface area contributed by atoms with Crippen molar-refractivity contribution in [3.05, 3.63) is 28.8 Å². The van der Waals surface area contributed by atoms with Gasteiger partial charge in [-0.2, -0.15) is 5.26 Å². The third-order valence-corrected chi connectivity index (χ3v) is 4.31. The molecule has 0 radical (unpaired) electrons. The first-order valence-electron chi connectivity index (χ1n) is 6.81. The molecule has 0 spiro atoms. The van der Waals surface area contributed by atoms with Crippen molar-refractivity contribution < 1.29 is 5.11 Å². The molecule has 5 heteroatoms. The summed E-state index contributed by atoms with van der Waals surface area (Å²) in [7, 11) is 4.06. The Bertz CT molecular complexity index is 506. The summed E-state index contributed by atoms with van der Waals surface area (Å²) in [6.07, 6.45) is 2.07. The zero-order valence-electron chi connectivity index (χ0n) is 11.9. The maximum absolute atomic E-state index is 9.98. The van der Waals surface area contributed by atoms with E-state index in [0.717, 1.165) is 25.9 Å². The van der Waals surface area contributed by atoms with Crippen LogP contribution in [0.3, 0.4) is 0 Å². The van der Waals surface area contributed by atoms with E-state index < -0.39 is 6.04 Å². The first-order chi connectivity index (χ1) is 9.52. The quantitative estimate of drug-likeness (QED) is 0.931. The number of hydrogen-bond donors (Lipinski definition) is 1. The summed E-state index contributed by atoms with van der Waals surface area (Å²) >= 11 is 5.98. The number of halogens is 1. The second kappa shape index (κ2) is 6.45. The van der Waals surface area contributed by atoms with Crippen LogP contribution in [0, 0.1) is 11.3 Å². The van der Waals surface area contributed by atoms with E-state index in [2.05, 4.69) is 22.9 Å². The number of nitriles is 1. The van der Waals surface area contributed by atoms with Crippen LogP contribution in [0.2, 0.25) is 5.02 Å². The number of phenols is 1. The molecule has 1 aromatic rings. The fraction of sp³-hybridized carbons (Fsp3) is 0.533. The molecule has 0 aliphatic carbocycles. The predicted molar refractivity (Wildman–Crippen MR) is 79.8 cm³/mol. The van der Waals surface area contributed by atoms with Gasteiger partial charge in [0.2, 0.25) is 0 Å². The van der Waals surface area contributed by atoms with Crippen LogP contribution in [-0.2, 0) is 0 Å². The molecule has 1 aromatic carbocycles. The third kappa shape index (κ3) is 3.24. The number of aromatic hydroxyl groups is 1. The molecule has 1 N–H and O–H groups in total. The van der Waals surface area contributed by atoms with Crippen LogP contribution < -0.4 is 0 Å². The van der Waals surface area contributed by atoms with Crippen molar-refractivity contribution in [3.8, 4) is 11.8 Å². The highest BCUT2D eigenvalue weighted by molar-refractivity contribution is 6.30. The maximum atomic E-state index is 9.98. The molecule has 20 heavy (non-hydrogen) atoms. The molecule has 2 rings (SSSR count). The Morgan fingerprint density at radius 2 is 2.10 bits per heavy atom. The Labute approximate surface area is 125 Å². The van der Waals surface area contributed by atoms with Gasteiger partial charge in [-0.1, -0.05) is 11.6 Å². The molecule has 0 amide bonds. The van der Waals surface area contributed by atoms with E-state index in [0.29, 0.717) is 16.6 Å². The van der Waals surface area contributed by atoms with Gasteiger partial charge in [0.15, 0.2) is 0 Å². The lowest BCUT2D eigenvalue weighted by molar-refractivity contribution is 0.125. The molecule has 1 fully saturated rings. The molecule has 1 aliphatic heterocycles. The van der Waals surface area contributed by atoms with Crippen LogP contribution in [0.25, 0.3) is 0 Å². The zero-order chi connectivity index (χ0) is 14.7. The summed E-state index contributed by atoms with van der Waals surface area (Å²) in [6.45, 7) is 2.07. The molecular formula is C15H20ClN3O. The normalized spacial score (nSPS) is 18.9. The smallest absolute Gasteiger partial charge is 0.127 e. The van der Waals surface area contributed by atoms with Crippen LogP contribution >= 0.6 is 11.6 Å². The minimum Gasteiger partial charge on any atom is -0.508 e. The minimum atomic E-state index is -0.470. The van der Waals surface area contributed by atoms with E-state index >= 15 is 0 Å². The van der Waals surface area contributed by atoms with Crippen LogP contribution in [0.4, 0.5) is 0 Å². The van der Waals surface area contributed by atoms with Gasteiger partial charge in [0.05, 0.1) is 6.07 Å². The van der Waals surface area contributed by atoms with Gasteiger partial charge in [-0.25, -0.2) is 0 Å². The van der Waals surface area contributed by atoms with Crippen LogP contribution in [0.1, 0.15) is 24.4 Å². The van der Waals surface area contributed by atoms with Gasteiger partial charge in [0.1, 0.15) is 11.8 Å². The van der Waals surface area contributed by atoms with Gasteiger partial charge in [-0.3, -0.25) is 4.90 Å². The summed E-state index contributed by atoms with van der Waals surface area (Å²) in [5.41, 5.74) is 0.585. The number of nitrogens with zero attached hydrogens (tertiary/aromatic N) is 3. The second-order valence-electron chi connectivity index (χ2n) is 5.43. The Balaban J connectivity index is 2.19. The zero-order valence-corrected chi connectivity index (χ0v) is 12.6. The molecule has 4 nitrogen and oxygen atoms in total. The van der Waals surface area contributed by atoms with Gasteiger partial charge < -0.3 is 10.0 Å². The molecule has 1 saturated heterocycles. The Kier molecular flexibility index (Phi) is 4.87. The molecular weight excluding hydrogens is 274 g/mol. The number of rotatable bonds is 3. The molecule has 1 aliphatic rings. The van der Waals surface area contributed by atoms with Gasteiger partial charge in [-0.15, -0.1) is 0 Å². The number of benzene rings is 1. The van der Waals surface area contributed by atoms with Crippen molar-refractivity contribution in [2.45, 2.75) is 24.9 Å². The van der Waals surface area contributed by atoms with E-state index in [4.69, 9.17) is 11.6 Å². The van der Waals surface area contributed by atoms with Crippen LogP contribution in [0.5, 0.6) is 5.75 Å². The standard InChI is InChI=1S/C15H20ClN3O/c1-18-7-5-12(6-8-18)19(2)14(10-17)13-9-11(16)3-4-15(13)20/h3-4,9,12,14,20H,5-8H2,1-2H3. The largest absolute Gasteiger partial charge is 0.508 e. The summed E-state index contributed by atoms with van der Waals surface area (Å²) in [6, 6.07) is 7.03. The van der Waals surface area contributed by atoms with Crippen LogP contribution in [0.15, 0.2) is 18.2 Å². The van der Waals surface area contributed by atoms with Gasteiger partial charge >= 0.3 is 0 Å². The Morgan fingerprint density at radius 3 is 2.70 bits per heavy atom. The van der Waals surface area contributed by atoms with Gasteiger partial charge in [0.25, 0.3) is 0 Å². The van der Waals surface area contributed by atoms with E-state index in [1.54, 1.807) is 18.2 Å². The maximum Gasteiger partial charge on any atom is 0.127 e. The summed E-state index contributed by atoms with van der Waals surface area (Å²) < 4.78 is 0. The summed E-state index contributed by atoms with van der Waals surface area (Å²) in [5, 5.41) is 20.0. The van der Waals surface area contributed by atoms with Crippen molar-refractivity contribution in [3.63, 3.8) is 0 Å². The highest BCUT2D eigenvalue weighted by atomic mass is 35.5. The van der Waals surface area contributed by atoms with E-state index in [9.17, 15) is 10.4 Å². The highest BCUT2D eigenvalue weighted by Gasteiger charge is 2.28. The molecule has 0 saturated carbocycles. The fourth-order valence-electron chi connectivity index (χ4n) is 2.74. The first kappa shape index (κ1) is 15.1. The van der Waals surface area contributed by atoms with Crippen molar-refractivity contribution >= 4 is 11.6 Å². The Hall–Kier alpha value is -1.28. The van der Waals surface area contributed by atoms with Crippen molar-refractivity contribution in [1.82, 2.24) is 9.80 Å². The SMILES string of the molecule is CN1CCC(N(C)C(C#N)c2cc(Cl)ccc2O)CC1. The van der Waals surface area contributed by atoms with Gasteiger partial charge in [-0.05, 0) is 58.2 Å². The number of phenolic OH excluding ortho intramolecular Hbond substituents is 1. The first-order valence-corrected chi connectivity index (χ1v) is 7.19. The molecule has 1 heterocycles. The van der Waals surface area contributed by atoms with Crippen molar-refractivity contribution in [2.24, 2.45) is 0 Å². The predicted octanol–water partition coefficient (Wildman–Crippen LogP) is 2.64. The monoisotopic (exact) mass is 293 g/mol. The minimum absolute atomic E-state index is 0.126. The number of hydrogen-bond acceptors (Lipinski definition) is 4. The lowest BCUT2D eigenvalue weighted by Gasteiger charge is -2.37. The lowest BCUT2D eigenvalue weighted by Crippen LogP contribution is -2.43. The lowest BCUT2D eigenvalue weighted by atomic mass is 9.99. The molecule has 0 aromatic heterocycles. The van der Waals surface area contributed by atoms with E-state index in [1.807, 2.05) is 7.05 Å². The molecule has 0 bridgehead atoms. The fourth-order valence-corrected chi connectivity index (χ4v) is 2.92. The highest BCUT2D eigenvalue weighted by Crippen LogP contribution is 2.32. The Morgan fingerprint density at radius 1 is 1.45 bits per heavy atom. The summed E-state index contributed by atoms with van der Waals surface area (Å²) in [5.74, 6) is 0.126. The molecule has 1 atom stereocenters. The van der Waals surface area contributed by atoms with Crippen LogP contribution in [-0.4, -0.2) is 48.1 Å². The third-order valence-electron chi connectivity index (χ3n) is 4.08. The average Bonchev–Trinajstić information content (AvgIpc) is 2.44. The van der Waals surface area contributed by atoms with Crippen molar-refractivity contribution in [2.75, 3.05) is 27.2 Å². The number of piperidine rings is 1. The number of likely N-dealkylation sites (tertiary alicyclic amines) is 1. The van der Waals surface area contributed by atoms with E-state index in [-0.39, 0.29) is 5.75 Å². The summed E-state index contributed by atoms with van der Waals surface area (Å²) in [4.78, 5) is 4.35. The topological polar surface area (TPSA) is 50.5 Å². The van der Waals surface area contributed by atoms with E-state index in [1.165, 1.54) is 0 Å². The average molecular weight is 294 g/mol. The molecule has 1 unspecified atom stereocenters. The molecule has 108 valence electrons. The van der Waals surface area contributed by atoms with Gasteiger partial charge in [0, 0.05) is 16.6 Å². The second-order valence-corrected chi connectivity index (χ2v) is 5.87.